The van der Waals surface area contributed by atoms with Crippen molar-refractivity contribution in [2.24, 2.45) is 10.7 Å². The quantitative estimate of drug-likeness (QED) is 0.919. The van der Waals surface area contributed by atoms with Gasteiger partial charge >= 0.3 is 0 Å². The minimum atomic E-state index is -0.483. The highest BCUT2D eigenvalue weighted by atomic mass is 35.5. The van der Waals surface area contributed by atoms with Gasteiger partial charge in [0.15, 0.2) is 5.96 Å². The molecule has 5 nitrogen and oxygen atoms in total. The summed E-state index contributed by atoms with van der Waals surface area (Å²) in [6, 6.07) is 7.56. The summed E-state index contributed by atoms with van der Waals surface area (Å²) in [5, 5.41) is 0.627. The van der Waals surface area contributed by atoms with E-state index in [0.29, 0.717) is 17.5 Å². The predicted molar refractivity (Wildman–Crippen MR) is 79.8 cm³/mol. The molecule has 1 unspecified atom stereocenters. The van der Waals surface area contributed by atoms with Crippen LogP contribution in [0.25, 0.3) is 0 Å². The third kappa shape index (κ3) is 1.91. The third-order valence-electron chi connectivity index (χ3n) is 3.48. The Kier molecular flexibility index (Phi) is 3.06. The molecule has 102 valence electrons. The number of guanidine groups is 1. The number of nitrogens with two attached hydrogens (primary N) is 1. The molecule has 0 fully saturated rings. The molecule has 0 saturated heterocycles. The highest BCUT2D eigenvalue weighted by Gasteiger charge is 2.42. The van der Waals surface area contributed by atoms with Crippen LogP contribution in [0.4, 0.5) is 5.69 Å². The number of hydrogen-bond acceptors (Lipinski definition) is 5. The highest BCUT2D eigenvalue weighted by Crippen LogP contribution is 2.38. The molecule has 0 amide bonds. The number of rotatable bonds is 2. The van der Waals surface area contributed by atoms with Gasteiger partial charge in [-0.15, -0.1) is 0 Å². The van der Waals surface area contributed by atoms with E-state index in [1.165, 1.54) is 0 Å². The van der Waals surface area contributed by atoms with Crippen molar-refractivity contribution in [1.29, 1.82) is 0 Å². The predicted octanol–water partition coefficient (Wildman–Crippen LogP) is 2.18. The molecule has 20 heavy (non-hydrogen) atoms. The summed E-state index contributed by atoms with van der Waals surface area (Å²) in [5.74, 6) is 0.436. The van der Waals surface area contributed by atoms with Gasteiger partial charge in [-0.25, -0.2) is 0 Å². The standard InChI is InChI=1S/C14H14ClN5/c1-14(12-8-17-6-7-18-12)9-19-13(16)20(14)11-5-3-2-4-10(11)15/h2-8H,9H2,1H3,(H2,16,19). The SMILES string of the molecule is CC1(c2cnccn2)CN=C(N)N1c1ccccc1Cl. The first-order valence-corrected chi connectivity index (χ1v) is 6.62. The van der Waals surface area contributed by atoms with Crippen LogP contribution < -0.4 is 10.6 Å². The first kappa shape index (κ1) is 12.9. The molecule has 1 aliphatic rings. The summed E-state index contributed by atoms with van der Waals surface area (Å²) >= 11 is 6.30. The zero-order valence-corrected chi connectivity index (χ0v) is 11.7. The molecular weight excluding hydrogens is 274 g/mol. The summed E-state index contributed by atoms with van der Waals surface area (Å²) in [6.07, 6.45) is 5.05. The van der Waals surface area contributed by atoms with Gasteiger partial charge < -0.3 is 5.73 Å². The monoisotopic (exact) mass is 287 g/mol. The third-order valence-corrected chi connectivity index (χ3v) is 3.80. The molecule has 0 saturated carbocycles. The number of para-hydroxylation sites is 1. The van der Waals surface area contributed by atoms with E-state index in [0.717, 1.165) is 11.4 Å². The van der Waals surface area contributed by atoms with Gasteiger partial charge in [0, 0.05) is 12.4 Å². The first-order chi connectivity index (χ1) is 9.63. The van der Waals surface area contributed by atoms with E-state index < -0.39 is 5.54 Å². The first-order valence-electron chi connectivity index (χ1n) is 6.24. The minimum absolute atomic E-state index is 0.436. The fourth-order valence-electron chi connectivity index (χ4n) is 2.42. The number of nitrogens with zero attached hydrogens (tertiary/aromatic N) is 4. The molecule has 2 aromatic rings. The van der Waals surface area contributed by atoms with Crippen LogP contribution in [0.15, 0.2) is 47.8 Å². The van der Waals surface area contributed by atoms with E-state index in [2.05, 4.69) is 15.0 Å². The Bertz CT molecular complexity index is 658. The van der Waals surface area contributed by atoms with Gasteiger partial charge in [0.05, 0.1) is 29.1 Å². The van der Waals surface area contributed by atoms with Crippen LogP contribution in [-0.2, 0) is 5.54 Å². The van der Waals surface area contributed by atoms with Crippen molar-refractivity contribution < 1.29 is 0 Å². The second-order valence-corrected chi connectivity index (χ2v) is 5.23. The van der Waals surface area contributed by atoms with Gasteiger partial charge in [0.25, 0.3) is 0 Å². The fraction of sp³-hybridized carbons (Fsp3) is 0.214. The summed E-state index contributed by atoms with van der Waals surface area (Å²) in [7, 11) is 0. The molecule has 1 atom stereocenters. The molecule has 0 radical (unpaired) electrons. The van der Waals surface area contributed by atoms with Gasteiger partial charge in [-0.1, -0.05) is 23.7 Å². The fourth-order valence-corrected chi connectivity index (χ4v) is 2.64. The van der Waals surface area contributed by atoms with Gasteiger partial charge in [-0.2, -0.15) is 0 Å². The Labute approximate surface area is 122 Å². The summed E-state index contributed by atoms with van der Waals surface area (Å²) < 4.78 is 0. The Morgan fingerprint density at radius 3 is 2.80 bits per heavy atom. The summed E-state index contributed by atoms with van der Waals surface area (Å²) in [4.78, 5) is 14.8. The molecule has 1 aromatic carbocycles. The van der Waals surface area contributed by atoms with Crippen LogP contribution >= 0.6 is 11.6 Å². The topological polar surface area (TPSA) is 67.4 Å². The average molecular weight is 288 g/mol. The van der Waals surface area contributed by atoms with E-state index in [1.807, 2.05) is 36.1 Å². The molecule has 2 N–H and O–H groups in total. The molecule has 0 aliphatic carbocycles. The van der Waals surface area contributed by atoms with Crippen molar-refractivity contribution in [3.8, 4) is 0 Å². The lowest BCUT2D eigenvalue weighted by atomic mass is 9.96. The van der Waals surface area contributed by atoms with Crippen molar-refractivity contribution in [3.05, 3.63) is 53.6 Å². The highest BCUT2D eigenvalue weighted by molar-refractivity contribution is 6.34. The van der Waals surface area contributed by atoms with E-state index in [1.54, 1.807) is 18.6 Å². The summed E-state index contributed by atoms with van der Waals surface area (Å²) in [6.45, 7) is 2.55. The number of halogens is 1. The minimum Gasteiger partial charge on any atom is -0.369 e. The van der Waals surface area contributed by atoms with Crippen molar-refractivity contribution in [3.63, 3.8) is 0 Å². The molecule has 0 spiro atoms. The lowest BCUT2D eigenvalue weighted by Crippen LogP contribution is -2.48. The van der Waals surface area contributed by atoms with E-state index in [4.69, 9.17) is 17.3 Å². The maximum absolute atomic E-state index is 6.30. The van der Waals surface area contributed by atoms with E-state index in [-0.39, 0.29) is 0 Å². The molecule has 2 heterocycles. The Morgan fingerprint density at radius 1 is 1.30 bits per heavy atom. The van der Waals surface area contributed by atoms with Gasteiger partial charge in [0.2, 0.25) is 0 Å². The molecule has 6 heteroatoms. The van der Waals surface area contributed by atoms with Crippen LogP contribution in [-0.4, -0.2) is 22.5 Å². The lowest BCUT2D eigenvalue weighted by molar-refractivity contribution is 0.513. The van der Waals surface area contributed by atoms with Gasteiger partial charge in [0.1, 0.15) is 5.54 Å². The van der Waals surface area contributed by atoms with Crippen LogP contribution in [0.2, 0.25) is 5.02 Å². The zero-order chi connectivity index (χ0) is 14.2. The van der Waals surface area contributed by atoms with Crippen molar-refractivity contribution >= 4 is 23.2 Å². The van der Waals surface area contributed by atoms with Crippen molar-refractivity contribution in [2.45, 2.75) is 12.5 Å². The number of aliphatic imine (C=N–C) groups is 1. The smallest absolute Gasteiger partial charge is 0.196 e. The molecule has 1 aromatic heterocycles. The Morgan fingerprint density at radius 2 is 2.10 bits per heavy atom. The Balaban J connectivity index is 2.12. The second kappa shape index (κ2) is 4.76. The van der Waals surface area contributed by atoms with Crippen molar-refractivity contribution in [1.82, 2.24) is 9.97 Å². The number of hydrogen-bond donors (Lipinski definition) is 1. The van der Waals surface area contributed by atoms with Gasteiger partial charge in [-0.3, -0.25) is 19.9 Å². The van der Waals surface area contributed by atoms with Crippen LogP contribution in [0.1, 0.15) is 12.6 Å². The van der Waals surface area contributed by atoms with Crippen LogP contribution in [0, 0.1) is 0 Å². The normalized spacial score (nSPS) is 21.9. The van der Waals surface area contributed by atoms with E-state index in [9.17, 15) is 0 Å². The lowest BCUT2D eigenvalue weighted by Gasteiger charge is -2.35. The maximum Gasteiger partial charge on any atom is 0.196 e. The molecule has 0 bridgehead atoms. The molecular formula is C14H14ClN5. The number of aromatic nitrogens is 2. The summed E-state index contributed by atoms with van der Waals surface area (Å²) in [5.41, 5.74) is 7.21. The van der Waals surface area contributed by atoms with Crippen molar-refractivity contribution in [2.75, 3.05) is 11.4 Å². The zero-order valence-electron chi connectivity index (χ0n) is 11.0. The van der Waals surface area contributed by atoms with E-state index >= 15 is 0 Å². The van der Waals surface area contributed by atoms with Gasteiger partial charge in [-0.05, 0) is 19.1 Å². The molecule has 1 aliphatic heterocycles. The maximum atomic E-state index is 6.30. The average Bonchev–Trinajstić information content (AvgIpc) is 2.78. The number of anilines is 1. The Hall–Kier alpha value is -2.14. The largest absolute Gasteiger partial charge is 0.369 e. The molecule has 3 rings (SSSR count). The van der Waals surface area contributed by atoms with Crippen LogP contribution in [0.3, 0.4) is 0 Å². The van der Waals surface area contributed by atoms with Crippen LogP contribution in [0.5, 0.6) is 0 Å². The number of benzene rings is 1. The second-order valence-electron chi connectivity index (χ2n) is 4.83.